The number of rotatable bonds is 8. The third-order valence-electron chi connectivity index (χ3n) is 2.08. The number of phosphoric acid groups is 1. The molecule has 0 aromatic rings. The minimum absolute atomic E-state index is 0.00458. The lowest BCUT2D eigenvalue weighted by Gasteiger charge is -2.14. The molecule has 15 heavy (non-hydrogen) atoms. The third kappa shape index (κ3) is 6.25. The number of aliphatic hydroxyl groups excluding tert-OH is 1. The first-order valence-corrected chi connectivity index (χ1v) is 6.52. The average Bonchev–Trinajstić information content (AvgIpc) is 2.98. The van der Waals surface area contributed by atoms with Crippen LogP contribution in [-0.2, 0) is 13.7 Å². The van der Waals surface area contributed by atoms with Crippen molar-refractivity contribution in [3.8, 4) is 0 Å². The van der Waals surface area contributed by atoms with E-state index in [2.05, 4.69) is 14.6 Å². The SMILES string of the molecule is C[C@H](CO)COP(=O)(O)ONCC1CC1. The number of nitrogens with one attached hydrogen (secondary N) is 1. The molecule has 0 saturated heterocycles. The first-order chi connectivity index (χ1) is 7.03. The van der Waals surface area contributed by atoms with Gasteiger partial charge in [0.2, 0.25) is 0 Å². The van der Waals surface area contributed by atoms with E-state index in [1.165, 1.54) is 0 Å². The van der Waals surface area contributed by atoms with Crippen molar-refractivity contribution in [2.45, 2.75) is 19.8 Å². The van der Waals surface area contributed by atoms with Gasteiger partial charge in [0, 0.05) is 19.1 Å². The van der Waals surface area contributed by atoms with Crippen molar-refractivity contribution in [3.63, 3.8) is 0 Å². The Hall–Kier alpha value is 0.0300. The smallest absolute Gasteiger partial charge is 0.396 e. The van der Waals surface area contributed by atoms with Gasteiger partial charge in [-0.25, -0.2) is 4.57 Å². The van der Waals surface area contributed by atoms with Crippen molar-refractivity contribution < 1.29 is 23.7 Å². The van der Waals surface area contributed by atoms with Gasteiger partial charge < -0.3 is 10.00 Å². The summed E-state index contributed by atoms with van der Waals surface area (Å²) >= 11 is 0. The van der Waals surface area contributed by atoms with Gasteiger partial charge >= 0.3 is 7.82 Å². The second kappa shape index (κ2) is 5.94. The number of aliphatic hydroxyl groups is 1. The summed E-state index contributed by atoms with van der Waals surface area (Å²) < 4.78 is 20.4. The molecule has 0 aromatic heterocycles. The van der Waals surface area contributed by atoms with Crippen molar-refractivity contribution in [2.24, 2.45) is 11.8 Å². The maximum atomic E-state index is 11.2. The number of phosphoric ester groups is 1. The highest BCUT2D eigenvalue weighted by Crippen LogP contribution is 2.42. The quantitative estimate of drug-likeness (QED) is 0.426. The van der Waals surface area contributed by atoms with Gasteiger partial charge in [-0.05, 0) is 18.8 Å². The summed E-state index contributed by atoms with van der Waals surface area (Å²) in [5, 5.41) is 8.68. The van der Waals surface area contributed by atoms with Crippen LogP contribution in [0.1, 0.15) is 19.8 Å². The highest BCUT2D eigenvalue weighted by molar-refractivity contribution is 7.47. The molecule has 90 valence electrons. The van der Waals surface area contributed by atoms with Crippen LogP contribution in [0.2, 0.25) is 0 Å². The van der Waals surface area contributed by atoms with Gasteiger partial charge in [-0.2, -0.15) is 10.1 Å². The van der Waals surface area contributed by atoms with Crippen LogP contribution in [0.15, 0.2) is 0 Å². The summed E-state index contributed by atoms with van der Waals surface area (Å²) in [4.78, 5) is 9.16. The van der Waals surface area contributed by atoms with Gasteiger partial charge in [-0.1, -0.05) is 6.92 Å². The van der Waals surface area contributed by atoms with E-state index in [1.807, 2.05) is 0 Å². The molecule has 0 amide bonds. The molecule has 1 rings (SSSR count). The van der Waals surface area contributed by atoms with Gasteiger partial charge in [-0.3, -0.25) is 4.52 Å². The Morgan fingerprint density at radius 3 is 2.80 bits per heavy atom. The lowest BCUT2D eigenvalue weighted by molar-refractivity contribution is 0.0777. The molecule has 0 aliphatic heterocycles. The van der Waals surface area contributed by atoms with E-state index in [4.69, 9.17) is 10.00 Å². The molecule has 2 atom stereocenters. The van der Waals surface area contributed by atoms with Crippen LogP contribution in [0.4, 0.5) is 0 Å². The lowest BCUT2D eigenvalue weighted by atomic mass is 10.2. The fourth-order valence-electron chi connectivity index (χ4n) is 0.859. The summed E-state index contributed by atoms with van der Waals surface area (Å²) in [7, 11) is -4.01. The Morgan fingerprint density at radius 2 is 2.27 bits per heavy atom. The maximum Gasteiger partial charge on any atom is 0.488 e. The molecule has 1 aliphatic carbocycles. The second-order valence-electron chi connectivity index (χ2n) is 3.94. The zero-order chi connectivity index (χ0) is 11.3. The Labute approximate surface area is 89.2 Å². The molecule has 1 unspecified atom stereocenters. The summed E-state index contributed by atoms with van der Waals surface area (Å²) in [6.45, 7) is 2.19. The van der Waals surface area contributed by atoms with E-state index in [-0.39, 0.29) is 19.1 Å². The van der Waals surface area contributed by atoms with Crippen LogP contribution in [0.3, 0.4) is 0 Å². The van der Waals surface area contributed by atoms with Gasteiger partial charge in [0.1, 0.15) is 0 Å². The van der Waals surface area contributed by atoms with E-state index in [9.17, 15) is 4.57 Å². The van der Waals surface area contributed by atoms with Crippen molar-refractivity contribution in [1.29, 1.82) is 0 Å². The maximum absolute atomic E-state index is 11.2. The van der Waals surface area contributed by atoms with Crippen molar-refractivity contribution in [2.75, 3.05) is 19.8 Å². The van der Waals surface area contributed by atoms with Crippen molar-refractivity contribution >= 4 is 7.82 Å². The molecule has 0 spiro atoms. The molecule has 0 aromatic carbocycles. The predicted octanol–water partition coefficient (Wildman–Crippen LogP) is 0.663. The Morgan fingerprint density at radius 1 is 1.60 bits per heavy atom. The topological polar surface area (TPSA) is 88.0 Å². The first-order valence-electron chi connectivity index (χ1n) is 5.03. The molecule has 0 bridgehead atoms. The highest BCUT2D eigenvalue weighted by Gasteiger charge is 2.25. The van der Waals surface area contributed by atoms with Gasteiger partial charge in [0.25, 0.3) is 0 Å². The standard InChI is InChI=1S/C8H18NO5P/c1-7(5-10)6-13-15(11,12)14-9-4-8-2-3-8/h7-10H,2-6H2,1H3,(H,11,12)/t7-/m1/s1. The normalized spacial score (nSPS) is 22.3. The summed E-state index contributed by atoms with van der Waals surface area (Å²) in [5.41, 5.74) is 2.43. The zero-order valence-corrected chi connectivity index (χ0v) is 9.65. The summed E-state index contributed by atoms with van der Waals surface area (Å²) in [5.74, 6) is 0.374. The molecular formula is C8H18NO5P. The molecule has 1 aliphatic rings. The van der Waals surface area contributed by atoms with Crippen LogP contribution in [0, 0.1) is 11.8 Å². The molecule has 1 saturated carbocycles. The van der Waals surface area contributed by atoms with Crippen LogP contribution >= 0.6 is 7.82 Å². The number of hydrogen-bond donors (Lipinski definition) is 3. The molecule has 3 N–H and O–H groups in total. The van der Waals surface area contributed by atoms with E-state index >= 15 is 0 Å². The van der Waals surface area contributed by atoms with Crippen LogP contribution in [-0.4, -0.2) is 29.8 Å². The van der Waals surface area contributed by atoms with E-state index in [0.29, 0.717) is 12.5 Å². The fourth-order valence-corrected chi connectivity index (χ4v) is 1.59. The Balaban J connectivity index is 2.09. The fraction of sp³-hybridized carbons (Fsp3) is 1.00. The molecule has 7 heteroatoms. The largest absolute Gasteiger partial charge is 0.488 e. The minimum Gasteiger partial charge on any atom is -0.396 e. The third-order valence-corrected chi connectivity index (χ3v) is 2.92. The van der Waals surface area contributed by atoms with Crippen LogP contribution < -0.4 is 5.48 Å². The highest BCUT2D eigenvalue weighted by atomic mass is 31.2. The molecular weight excluding hydrogens is 221 g/mol. The monoisotopic (exact) mass is 239 g/mol. The van der Waals surface area contributed by atoms with Gasteiger partial charge in [0.15, 0.2) is 0 Å². The first kappa shape index (κ1) is 13.1. The average molecular weight is 239 g/mol. The number of hydroxylamine groups is 1. The summed E-state index contributed by atoms with van der Waals surface area (Å²) in [6, 6.07) is 0. The molecule has 0 radical (unpaired) electrons. The molecule has 0 heterocycles. The van der Waals surface area contributed by atoms with Crippen molar-refractivity contribution in [1.82, 2.24) is 5.48 Å². The number of hydrogen-bond acceptors (Lipinski definition) is 5. The van der Waals surface area contributed by atoms with Gasteiger partial charge in [0.05, 0.1) is 6.61 Å². The van der Waals surface area contributed by atoms with Crippen LogP contribution in [0.25, 0.3) is 0 Å². The molecule has 6 nitrogen and oxygen atoms in total. The predicted molar refractivity (Wildman–Crippen MR) is 53.8 cm³/mol. The van der Waals surface area contributed by atoms with E-state index < -0.39 is 7.82 Å². The van der Waals surface area contributed by atoms with E-state index in [0.717, 1.165) is 12.8 Å². The Kier molecular flexibility index (Phi) is 5.18. The summed E-state index contributed by atoms with van der Waals surface area (Å²) in [6.07, 6.45) is 2.27. The Bertz CT molecular complexity index is 233. The van der Waals surface area contributed by atoms with Crippen LogP contribution in [0.5, 0.6) is 0 Å². The second-order valence-corrected chi connectivity index (χ2v) is 5.31. The lowest BCUT2D eigenvalue weighted by Crippen LogP contribution is -2.18. The van der Waals surface area contributed by atoms with E-state index in [1.54, 1.807) is 6.92 Å². The molecule has 1 fully saturated rings. The minimum atomic E-state index is -4.01. The van der Waals surface area contributed by atoms with Gasteiger partial charge in [-0.15, -0.1) is 0 Å². The zero-order valence-electron chi connectivity index (χ0n) is 8.76. The van der Waals surface area contributed by atoms with Crippen molar-refractivity contribution in [3.05, 3.63) is 0 Å².